The van der Waals surface area contributed by atoms with Gasteiger partial charge in [0.1, 0.15) is 29.6 Å². The quantitative estimate of drug-likeness (QED) is 0.620. The summed E-state index contributed by atoms with van der Waals surface area (Å²) in [6, 6.07) is 10.4. The number of fused-ring (bicyclic) bond motifs is 1. The van der Waals surface area contributed by atoms with Gasteiger partial charge in [0, 0.05) is 11.8 Å². The van der Waals surface area contributed by atoms with Crippen LogP contribution >= 0.6 is 0 Å². The molecule has 8 nitrogen and oxygen atoms in total. The second kappa shape index (κ2) is 8.67. The molecule has 2 amide bonds. The Balaban J connectivity index is 1.53. The molecule has 3 N–H and O–H groups in total. The van der Waals surface area contributed by atoms with Crippen LogP contribution in [0.3, 0.4) is 0 Å². The van der Waals surface area contributed by atoms with Gasteiger partial charge in [0.05, 0.1) is 12.6 Å². The first-order chi connectivity index (χ1) is 15.0. The largest absolute Gasteiger partial charge is 0.474 e. The summed E-state index contributed by atoms with van der Waals surface area (Å²) in [6.45, 7) is 2.52. The first kappa shape index (κ1) is 20.1. The number of carbonyl (C=O) groups is 1. The fourth-order valence-corrected chi connectivity index (χ4v) is 3.02. The van der Waals surface area contributed by atoms with E-state index in [2.05, 4.69) is 32.3 Å². The molecule has 9 heteroatoms. The Morgan fingerprint density at radius 1 is 1.23 bits per heavy atom. The summed E-state index contributed by atoms with van der Waals surface area (Å²) in [6.07, 6.45) is 1.57. The smallest absolute Gasteiger partial charge is 0.322 e. The van der Waals surface area contributed by atoms with Crippen LogP contribution in [0.25, 0.3) is 0 Å². The number of nitrogens with zero attached hydrogens (tertiary/aromatic N) is 4. The Morgan fingerprint density at radius 2 is 2.03 bits per heavy atom. The summed E-state index contributed by atoms with van der Waals surface area (Å²) in [5, 5.41) is 10.6. The second-order valence-corrected chi connectivity index (χ2v) is 6.86. The minimum atomic E-state index is -0.325. The highest BCUT2D eigenvalue weighted by atomic mass is 19.1. The number of amides is 2. The zero-order valence-corrected chi connectivity index (χ0v) is 16.7. The molecule has 3 heterocycles. The molecule has 1 aromatic carbocycles. The highest BCUT2D eigenvalue weighted by Gasteiger charge is 2.26. The van der Waals surface area contributed by atoms with Gasteiger partial charge in [0.25, 0.3) is 0 Å². The summed E-state index contributed by atoms with van der Waals surface area (Å²) in [7, 11) is 0. The van der Waals surface area contributed by atoms with Crippen molar-refractivity contribution in [3.05, 3.63) is 71.3 Å². The van der Waals surface area contributed by atoms with Gasteiger partial charge in [-0.05, 0) is 48.7 Å². The molecule has 2 aromatic heterocycles. The third-order valence-corrected chi connectivity index (χ3v) is 4.65. The van der Waals surface area contributed by atoms with Gasteiger partial charge in [-0.2, -0.15) is 0 Å². The number of nitrogen functional groups attached to an aromatic ring is 1. The molecular formula is C22H19FN6O2. The monoisotopic (exact) mass is 418 g/mol. The highest BCUT2D eigenvalue weighted by Crippen LogP contribution is 2.30. The molecule has 0 fully saturated rings. The molecule has 0 saturated carbocycles. The van der Waals surface area contributed by atoms with Crippen molar-refractivity contribution in [3.8, 4) is 17.7 Å². The van der Waals surface area contributed by atoms with E-state index in [9.17, 15) is 9.18 Å². The average Bonchev–Trinajstić information content (AvgIpc) is 2.78. The van der Waals surface area contributed by atoms with Crippen molar-refractivity contribution < 1.29 is 13.9 Å². The van der Waals surface area contributed by atoms with E-state index in [-0.39, 0.29) is 17.9 Å². The molecule has 0 spiro atoms. The van der Waals surface area contributed by atoms with Gasteiger partial charge < -0.3 is 15.8 Å². The van der Waals surface area contributed by atoms with Crippen LogP contribution in [-0.2, 0) is 0 Å². The molecule has 4 rings (SSSR count). The van der Waals surface area contributed by atoms with Crippen molar-refractivity contribution in [2.45, 2.75) is 13.0 Å². The summed E-state index contributed by atoms with van der Waals surface area (Å²) >= 11 is 0. The van der Waals surface area contributed by atoms with Crippen LogP contribution in [-0.4, -0.2) is 34.4 Å². The lowest BCUT2D eigenvalue weighted by molar-refractivity contribution is 0.236. The van der Waals surface area contributed by atoms with Crippen LogP contribution in [0, 0.1) is 17.7 Å². The number of hydrogen-bond acceptors (Lipinski definition) is 6. The Kier molecular flexibility index (Phi) is 5.62. The number of anilines is 2. The predicted molar refractivity (Wildman–Crippen MR) is 113 cm³/mol. The number of pyridine rings is 1. The molecule has 1 atom stereocenters. The van der Waals surface area contributed by atoms with E-state index in [1.807, 2.05) is 6.92 Å². The van der Waals surface area contributed by atoms with Crippen LogP contribution in [0.4, 0.5) is 20.7 Å². The van der Waals surface area contributed by atoms with Gasteiger partial charge in [0.2, 0.25) is 5.88 Å². The van der Waals surface area contributed by atoms with Crippen LogP contribution in [0.15, 0.2) is 48.7 Å². The van der Waals surface area contributed by atoms with E-state index >= 15 is 0 Å². The fraction of sp³-hybridized carbons (Fsp3) is 0.182. The molecule has 1 aliphatic heterocycles. The Labute approximate surface area is 178 Å². The number of halogens is 1. The maximum atomic E-state index is 13.2. The van der Waals surface area contributed by atoms with Crippen molar-refractivity contribution in [1.82, 2.24) is 20.5 Å². The molecule has 3 aromatic rings. The normalized spacial score (nSPS) is 13.3. The zero-order chi connectivity index (χ0) is 21.8. The number of carbonyl (C=O) groups excluding carboxylic acids is 1. The lowest BCUT2D eigenvalue weighted by atomic mass is 10.1. The second-order valence-electron chi connectivity index (χ2n) is 6.86. The molecule has 0 aliphatic carbocycles. The first-order valence-electron chi connectivity index (χ1n) is 9.57. The van der Waals surface area contributed by atoms with Crippen molar-refractivity contribution >= 4 is 17.5 Å². The van der Waals surface area contributed by atoms with Crippen LogP contribution in [0.5, 0.6) is 5.88 Å². The van der Waals surface area contributed by atoms with Gasteiger partial charge in [-0.1, -0.05) is 18.1 Å². The van der Waals surface area contributed by atoms with E-state index in [0.717, 1.165) is 5.56 Å². The SMILES string of the molecule is C[C@H](NC(=O)N1CCOc2ncc(C#Cc3ccc(N)nn3)cc21)c1ccc(F)cc1. The molecule has 0 unspecified atom stereocenters. The van der Waals surface area contributed by atoms with Gasteiger partial charge in [-0.25, -0.2) is 14.2 Å². The zero-order valence-electron chi connectivity index (χ0n) is 16.7. The summed E-state index contributed by atoms with van der Waals surface area (Å²) < 4.78 is 18.7. The van der Waals surface area contributed by atoms with Crippen molar-refractivity contribution in [2.24, 2.45) is 0 Å². The van der Waals surface area contributed by atoms with E-state index < -0.39 is 0 Å². The number of benzene rings is 1. The highest BCUT2D eigenvalue weighted by molar-refractivity contribution is 5.94. The van der Waals surface area contributed by atoms with Crippen LogP contribution in [0.1, 0.15) is 29.8 Å². The Bertz CT molecular complexity index is 1160. The lowest BCUT2D eigenvalue weighted by Crippen LogP contribution is -2.45. The van der Waals surface area contributed by atoms with Crippen molar-refractivity contribution in [2.75, 3.05) is 23.8 Å². The number of nitrogens with one attached hydrogen (secondary N) is 1. The summed E-state index contributed by atoms with van der Waals surface area (Å²) in [4.78, 5) is 18.8. The van der Waals surface area contributed by atoms with Gasteiger partial charge in [-0.15, -0.1) is 10.2 Å². The number of aromatic nitrogens is 3. The lowest BCUT2D eigenvalue weighted by Gasteiger charge is -2.30. The van der Waals surface area contributed by atoms with Crippen LogP contribution in [0.2, 0.25) is 0 Å². The van der Waals surface area contributed by atoms with Gasteiger partial charge >= 0.3 is 6.03 Å². The molecule has 31 heavy (non-hydrogen) atoms. The van der Waals surface area contributed by atoms with Crippen molar-refractivity contribution in [3.63, 3.8) is 0 Å². The Hall–Kier alpha value is -4.19. The molecule has 0 radical (unpaired) electrons. The summed E-state index contributed by atoms with van der Waals surface area (Å²) in [5.41, 5.74) is 7.90. The topological polar surface area (TPSA) is 106 Å². The maximum absolute atomic E-state index is 13.2. The Morgan fingerprint density at radius 3 is 2.77 bits per heavy atom. The van der Waals surface area contributed by atoms with Crippen LogP contribution < -0.4 is 20.7 Å². The van der Waals surface area contributed by atoms with Crippen molar-refractivity contribution in [1.29, 1.82) is 0 Å². The van der Waals surface area contributed by atoms with E-state index in [4.69, 9.17) is 10.5 Å². The van der Waals surface area contributed by atoms with E-state index in [1.54, 1.807) is 41.4 Å². The first-order valence-corrected chi connectivity index (χ1v) is 9.57. The third kappa shape index (κ3) is 4.70. The molecule has 0 saturated heterocycles. The fourth-order valence-electron chi connectivity index (χ4n) is 3.02. The minimum Gasteiger partial charge on any atom is -0.474 e. The number of urea groups is 1. The standard InChI is InChI=1S/C22H19FN6O2/c1-14(16-3-5-17(23)6-4-16)26-22(30)29-10-11-31-21-19(29)12-15(13-25-21)2-7-18-8-9-20(24)28-27-18/h3-6,8-9,12-14H,10-11H2,1H3,(H2,24,28)(H,26,30)/t14-/m0/s1. The average molecular weight is 418 g/mol. The molecule has 1 aliphatic rings. The van der Waals surface area contributed by atoms with Gasteiger partial charge in [0.15, 0.2) is 0 Å². The summed E-state index contributed by atoms with van der Waals surface area (Å²) in [5.74, 6) is 6.19. The predicted octanol–water partition coefficient (Wildman–Crippen LogP) is 2.66. The third-order valence-electron chi connectivity index (χ3n) is 4.65. The number of hydrogen-bond donors (Lipinski definition) is 2. The number of rotatable bonds is 2. The van der Waals surface area contributed by atoms with E-state index in [1.165, 1.54) is 12.1 Å². The number of nitrogens with two attached hydrogens (primary N) is 1. The molecule has 156 valence electrons. The molecular weight excluding hydrogens is 399 g/mol. The van der Waals surface area contributed by atoms with E-state index in [0.29, 0.717) is 41.8 Å². The number of ether oxygens (including phenoxy) is 1. The minimum absolute atomic E-state index is 0.306. The molecule has 0 bridgehead atoms. The maximum Gasteiger partial charge on any atom is 0.322 e. The van der Waals surface area contributed by atoms with Gasteiger partial charge in [-0.3, -0.25) is 4.90 Å².